The van der Waals surface area contributed by atoms with Crippen LogP contribution in [0.25, 0.3) is 11.3 Å². The third kappa shape index (κ3) is 3.28. The molecule has 27 heavy (non-hydrogen) atoms. The average Bonchev–Trinajstić information content (AvgIpc) is 3.43. The SMILES string of the molecule is Cc1ccc(-c2cc(C(=O)N3CCN4C(COCC4C4CC4)C3)[nH]n2)cc1. The van der Waals surface area contributed by atoms with Gasteiger partial charge in [-0.05, 0) is 31.7 Å². The molecule has 3 heterocycles. The van der Waals surface area contributed by atoms with Gasteiger partial charge >= 0.3 is 0 Å². The molecule has 2 aromatic rings. The molecule has 1 saturated carbocycles. The standard InChI is InChI=1S/C21H26N4O2/c1-14-2-4-15(5-3-14)18-10-19(23-22-18)21(26)24-8-9-25-17(11-24)12-27-13-20(25)16-6-7-16/h2-5,10,16-17,20H,6-9,11-13H2,1H3,(H,22,23). The van der Waals surface area contributed by atoms with Crippen molar-refractivity contribution in [2.45, 2.75) is 31.8 Å². The molecular weight excluding hydrogens is 340 g/mol. The Balaban J connectivity index is 1.28. The highest BCUT2D eigenvalue weighted by Crippen LogP contribution is 2.38. The van der Waals surface area contributed by atoms with Crippen LogP contribution in [0.5, 0.6) is 0 Å². The Morgan fingerprint density at radius 1 is 1.19 bits per heavy atom. The number of aryl methyl sites for hydroxylation is 1. The lowest BCUT2D eigenvalue weighted by molar-refractivity contribution is -0.0816. The van der Waals surface area contributed by atoms with Crippen LogP contribution in [0.4, 0.5) is 0 Å². The van der Waals surface area contributed by atoms with Gasteiger partial charge in [-0.1, -0.05) is 29.8 Å². The number of aromatic nitrogens is 2. The van der Waals surface area contributed by atoms with Crippen molar-refractivity contribution in [3.05, 3.63) is 41.6 Å². The van der Waals surface area contributed by atoms with Crippen molar-refractivity contribution in [1.29, 1.82) is 0 Å². The molecule has 2 saturated heterocycles. The Hall–Kier alpha value is -2.18. The van der Waals surface area contributed by atoms with Crippen molar-refractivity contribution in [3.63, 3.8) is 0 Å². The Morgan fingerprint density at radius 2 is 2.00 bits per heavy atom. The van der Waals surface area contributed by atoms with Gasteiger partial charge in [-0.2, -0.15) is 5.10 Å². The maximum atomic E-state index is 13.0. The summed E-state index contributed by atoms with van der Waals surface area (Å²) in [5.74, 6) is 0.841. The zero-order valence-electron chi connectivity index (χ0n) is 15.7. The number of amides is 1. The van der Waals surface area contributed by atoms with Crippen LogP contribution >= 0.6 is 0 Å². The molecule has 2 aliphatic heterocycles. The van der Waals surface area contributed by atoms with Gasteiger partial charge in [-0.25, -0.2) is 0 Å². The number of H-pyrrole nitrogens is 1. The lowest BCUT2D eigenvalue weighted by atomic mass is 10.0. The summed E-state index contributed by atoms with van der Waals surface area (Å²) in [6, 6.07) is 10.9. The molecule has 5 rings (SSSR count). The zero-order valence-corrected chi connectivity index (χ0v) is 15.7. The summed E-state index contributed by atoms with van der Waals surface area (Å²) >= 11 is 0. The van der Waals surface area contributed by atoms with Gasteiger partial charge in [0.25, 0.3) is 5.91 Å². The van der Waals surface area contributed by atoms with E-state index >= 15 is 0 Å². The van der Waals surface area contributed by atoms with Gasteiger partial charge in [0.1, 0.15) is 5.69 Å². The number of hydrogen-bond acceptors (Lipinski definition) is 4. The molecule has 0 bridgehead atoms. The van der Waals surface area contributed by atoms with Gasteiger partial charge in [0.05, 0.1) is 24.9 Å². The van der Waals surface area contributed by atoms with Crippen molar-refractivity contribution >= 4 is 5.91 Å². The number of morpholine rings is 1. The molecule has 2 unspecified atom stereocenters. The topological polar surface area (TPSA) is 61.5 Å². The molecule has 1 amide bonds. The van der Waals surface area contributed by atoms with Gasteiger partial charge in [0.2, 0.25) is 0 Å². The Morgan fingerprint density at radius 3 is 2.78 bits per heavy atom. The molecule has 0 radical (unpaired) electrons. The molecule has 1 N–H and O–H groups in total. The fourth-order valence-electron chi connectivity index (χ4n) is 4.42. The van der Waals surface area contributed by atoms with Crippen LogP contribution in [0.2, 0.25) is 0 Å². The van der Waals surface area contributed by atoms with E-state index in [0.717, 1.165) is 50.0 Å². The van der Waals surface area contributed by atoms with E-state index in [1.807, 2.05) is 23.1 Å². The zero-order chi connectivity index (χ0) is 18.4. The number of ether oxygens (including phenoxy) is 1. The highest BCUT2D eigenvalue weighted by molar-refractivity contribution is 5.93. The minimum Gasteiger partial charge on any atom is -0.378 e. The molecular formula is C21H26N4O2. The molecule has 6 heteroatoms. The van der Waals surface area contributed by atoms with E-state index in [2.05, 4.69) is 34.2 Å². The second kappa shape index (κ2) is 6.77. The highest BCUT2D eigenvalue weighted by atomic mass is 16.5. The van der Waals surface area contributed by atoms with Crippen molar-refractivity contribution in [3.8, 4) is 11.3 Å². The first-order valence-corrected chi connectivity index (χ1v) is 9.94. The van der Waals surface area contributed by atoms with Gasteiger partial charge in [-0.3, -0.25) is 14.8 Å². The molecule has 1 aromatic heterocycles. The number of piperazine rings is 1. The van der Waals surface area contributed by atoms with Crippen LogP contribution in [0.3, 0.4) is 0 Å². The fraction of sp³-hybridized carbons (Fsp3) is 0.524. The summed E-state index contributed by atoms with van der Waals surface area (Å²) in [5, 5.41) is 7.29. The quantitative estimate of drug-likeness (QED) is 0.906. The van der Waals surface area contributed by atoms with Crippen LogP contribution in [0.15, 0.2) is 30.3 Å². The van der Waals surface area contributed by atoms with E-state index in [1.165, 1.54) is 18.4 Å². The lowest BCUT2D eigenvalue weighted by Gasteiger charge is -2.48. The summed E-state index contributed by atoms with van der Waals surface area (Å²) in [6.07, 6.45) is 2.66. The molecule has 2 atom stereocenters. The number of benzene rings is 1. The average molecular weight is 366 g/mol. The van der Waals surface area contributed by atoms with Crippen LogP contribution in [-0.2, 0) is 4.74 Å². The highest BCUT2D eigenvalue weighted by Gasteiger charge is 2.43. The molecule has 3 aliphatic rings. The van der Waals surface area contributed by atoms with E-state index in [1.54, 1.807) is 0 Å². The molecule has 6 nitrogen and oxygen atoms in total. The van der Waals surface area contributed by atoms with Crippen LogP contribution in [-0.4, -0.2) is 70.8 Å². The van der Waals surface area contributed by atoms with Crippen LogP contribution in [0.1, 0.15) is 28.9 Å². The van der Waals surface area contributed by atoms with E-state index in [-0.39, 0.29) is 5.91 Å². The predicted octanol–water partition coefficient (Wildman–Crippen LogP) is 2.32. The predicted molar refractivity (Wildman–Crippen MR) is 102 cm³/mol. The summed E-state index contributed by atoms with van der Waals surface area (Å²) in [6.45, 7) is 6.10. The van der Waals surface area contributed by atoms with Crippen molar-refractivity contribution < 1.29 is 9.53 Å². The first kappa shape index (κ1) is 17.0. The summed E-state index contributed by atoms with van der Waals surface area (Å²) in [4.78, 5) is 17.5. The molecule has 0 spiro atoms. The normalized spacial score (nSPS) is 26.0. The second-order valence-electron chi connectivity index (χ2n) is 8.12. The molecule has 1 aromatic carbocycles. The van der Waals surface area contributed by atoms with Crippen molar-refractivity contribution in [2.75, 3.05) is 32.8 Å². The Labute approximate surface area is 159 Å². The monoisotopic (exact) mass is 366 g/mol. The third-order valence-electron chi connectivity index (χ3n) is 6.16. The minimum absolute atomic E-state index is 0.0362. The third-order valence-corrected chi connectivity index (χ3v) is 6.16. The number of fused-ring (bicyclic) bond motifs is 1. The number of carbonyl (C=O) groups excluding carboxylic acids is 1. The van der Waals surface area contributed by atoms with E-state index in [9.17, 15) is 4.79 Å². The largest absolute Gasteiger partial charge is 0.378 e. The number of nitrogens with zero attached hydrogens (tertiary/aromatic N) is 3. The van der Waals surface area contributed by atoms with Gasteiger partial charge in [0, 0.05) is 31.2 Å². The first-order valence-electron chi connectivity index (χ1n) is 9.94. The number of hydrogen-bond donors (Lipinski definition) is 1. The van der Waals surface area contributed by atoms with Gasteiger partial charge in [-0.15, -0.1) is 0 Å². The van der Waals surface area contributed by atoms with E-state index in [0.29, 0.717) is 17.8 Å². The van der Waals surface area contributed by atoms with E-state index in [4.69, 9.17) is 4.74 Å². The molecule has 142 valence electrons. The Kier molecular flexibility index (Phi) is 4.25. The maximum Gasteiger partial charge on any atom is 0.271 e. The van der Waals surface area contributed by atoms with E-state index < -0.39 is 0 Å². The molecule has 1 aliphatic carbocycles. The van der Waals surface area contributed by atoms with Gasteiger partial charge in [0.15, 0.2) is 0 Å². The number of nitrogens with one attached hydrogen (secondary N) is 1. The fourth-order valence-corrected chi connectivity index (χ4v) is 4.42. The minimum atomic E-state index is 0.0362. The van der Waals surface area contributed by atoms with Crippen LogP contribution < -0.4 is 0 Å². The number of carbonyl (C=O) groups is 1. The second-order valence-corrected chi connectivity index (χ2v) is 8.12. The molecule has 3 fully saturated rings. The summed E-state index contributed by atoms with van der Waals surface area (Å²) < 4.78 is 5.86. The maximum absolute atomic E-state index is 13.0. The smallest absolute Gasteiger partial charge is 0.271 e. The first-order chi connectivity index (χ1) is 13.2. The summed E-state index contributed by atoms with van der Waals surface area (Å²) in [5.41, 5.74) is 3.61. The van der Waals surface area contributed by atoms with Crippen molar-refractivity contribution in [1.82, 2.24) is 20.0 Å². The number of aromatic amines is 1. The van der Waals surface area contributed by atoms with Gasteiger partial charge < -0.3 is 9.64 Å². The van der Waals surface area contributed by atoms with Crippen molar-refractivity contribution in [2.24, 2.45) is 5.92 Å². The summed E-state index contributed by atoms with van der Waals surface area (Å²) in [7, 11) is 0. The lowest BCUT2D eigenvalue weighted by Crippen LogP contribution is -2.63. The Bertz CT molecular complexity index is 827. The number of rotatable bonds is 3. The van der Waals surface area contributed by atoms with Crippen LogP contribution in [0, 0.1) is 12.8 Å².